The highest BCUT2D eigenvalue weighted by Crippen LogP contribution is 2.22. The molecule has 3 aromatic rings. The first-order valence-corrected chi connectivity index (χ1v) is 7.43. The van der Waals surface area contributed by atoms with Gasteiger partial charge in [0.15, 0.2) is 0 Å². The number of anilines is 1. The van der Waals surface area contributed by atoms with Crippen molar-refractivity contribution in [3.8, 4) is 0 Å². The molecular formula is C16H11Cl2N3O2. The van der Waals surface area contributed by atoms with Crippen molar-refractivity contribution in [3.63, 3.8) is 0 Å². The lowest BCUT2D eigenvalue weighted by Crippen LogP contribution is -2.07. The molecule has 2 aromatic carbocycles. The Bertz CT molecular complexity index is 973. The summed E-state index contributed by atoms with van der Waals surface area (Å²) in [5.41, 5.74) is 2.27. The molecule has 1 amide bonds. The molecule has 23 heavy (non-hydrogen) atoms. The maximum absolute atomic E-state index is 12.0. The minimum absolute atomic E-state index is 0.291. The van der Waals surface area contributed by atoms with Gasteiger partial charge in [-0.2, -0.15) is 0 Å². The quantitative estimate of drug-likeness (QED) is 0.630. The molecule has 0 aliphatic heterocycles. The van der Waals surface area contributed by atoms with Crippen LogP contribution in [0.1, 0.15) is 5.56 Å². The van der Waals surface area contributed by atoms with Crippen LogP contribution in [0, 0.1) is 0 Å². The molecule has 0 spiro atoms. The van der Waals surface area contributed by atoms with Gasteiger partial charge in [-0.25, -0.2) is 4.79 Å². The van der Waals surface area contributed by atoms with E-state index in [1.165, 1.54) is 6.08 Å². The molecule has 0 atom stereocenters. The largest absolute Gasteiger partial charge is 0.323 e. The number of fused-ring (bicyclic) bond motifs is 1. The Morgan fingerprint density at radius 2 is 1.83 bits per heavy atom. The molecule has 0 aliphatic carbocycles. The standard InChI is InChI=1S/C16H11Cl2N3O2/c17-10-3-1-9(12(18)7-10)2-6-15(22)19-11-4-5-13-14(8-11)21-16(23)20-13/h1-8H,(H,19,22)(H2,20,21,23). The Morgan fingerprint density at radius 3 is 2.61 bits per heavy atom. The number of halogens is 2. The van der Waals surface area contributed by atoms with Gasteiger partial charge in [-0.15, -0.1) is 0 Å². The third-order valence-corrected chi connectivity index (χ3v) is 3.72. The average Bonchev–Trinajstić information content (AvgIpc) is 2.85. The molecule has 3 N–H and O–H groups in total. The van der Waals surface area contributed by atoms with Gasteiger partial charge in [-0.3, -0.25) is 4.79 Å². The van der Waals surface area contributed by atoms with E-state index in [1.807, 2.05) is 0 Å². The Labute approximate surface area is 140 Å². The van der Waals surface area contributed by atoms with Crippen molar-refractivity contribution >= 4 is 51.9 Å². The van der Waals surface area contributed by atoms with Crippen molar-refractivity contribution in [2.24, 2.45) is 0 Å². The summed E-state index contributed by atoms with van der Waals surface area (Å²) in [6.07, 6.45) is 2.98. The third-order valence-electron chi connectivity index (χ3n) is 3.16. The summed E-state index contributed by atoms with van der Waals surface area (Å²) in [7, 11) is 0. The molecule has 0 fully saturated rings. The van der Waals surface area contributed by atoms with E-state index >= 15 is 0 Å². The Hall–Kier alpha value is -2.50. The average molecular weight is 348 g/mol. The van der Waals surface area contributed by atoms with Crippen LogP contribution in [-0.2, 0) is 4.79 Å². The molecule has 0 bridgehead atoms. The second-order valence-corrected chi connectivity index (χ2v) is 5.67. The molecule has 0 unspecified atom stereocenters. The highest BCUT2D eigenvalue weighted by atomic mass is 35.5. The van der Waals surface area contributed by atoms with E-state index in [2.05, 4.69) is 15.3 Å². The van der Waals surface area contributed by atoms with Crippen LogP contribution in [0.4, 0.5) is 5.69 Å². The summed E-state index contributed by atoms with van der Waals surface area (Å²) in [5.74, 6) is -0.312. The van der Waals surface area contributed by atoms with Crippen LogP contribution >= 0.6 is 23.2 Å². The molecule has 0 saturated heterocycles. The lowest BCUT2D eigenvalue weighted by atomic mass is 10.2. The van der Waals surface area contributed by atoms with Crippen molar-refractivity contribution in [2.45, 2.75) is 0 Å². The minimum atomic E-state index is -0.312. The van der Waals surface area contributed by atoms with Gasteiger partial charge >= 0.3 is 5.69 Å². The summed E-state index contributed by atoms with van der Waals surface area (Å²) < 4.78 is 0. The van der Waals surface area contributed by atoms with Crippen LogP contribution < -0.4 is 11.0 Å². The number of imidazole rings is 1. The fourth-order valence-electron chi connectivity index (χ4n) is 2.10. The van der Waals surface area contributed by atoms with Crippen LogP contribution in [0.3, 0.4) is 0 Å². The van der Waals surface area contributed by atoms with Gasteiger partial charge in [0.2, 0.25) is 5.91 Å². The maximum atomic E-state index is 12.0. The second kappa shape index (κ2) is 6.32. The first kappa shape index (κ1) is 15.4. The van der Waals surface area contributed by atoms with Crippen molar-refractivity contribution in [3.05, 3.63) is 68.6 Å². The van der Waals surface area contributed by atoms with Crippen molar-refractivity contribution in [1.29, 1.82) is 0 Å². The summed E-state index contributed by atoms with van der Waals surface area (Å²) in [6, 6.07) is 10.1. The number of rotatable bonds is 3. The molecule has 3 rings (SSSR count). The number of nitrogens with one attached hydrogen (secondary N) is 3. The fourth-order valence-corrected chi connectivity index (χ4v) is 2.57. The van der Waals surface area contributed by atoms with Crippen LogP contribution in [0.25, 0.3) is 17.1 Å². The van der Waals surface area contributed by atoms with Crippen LogP contribution in [0.15, 0.2) is 47.3 Å². The fraction of sp³-hybridized carbons (Fsp3) is 0. The number of carbonyl (C=O) groups is 1. The van der Waals surface area contributed by atoms with Gasteiger partial charge in [-0.1, -0.05) is 29.3 Å². The van der Waals surface area contributed by atoms with E-state index in [0.717, 1.165) is 0 Å². The third kappa shape index (κ3) is 3.64. The molecule has 1 heterocycles. The number of H-pyrrole nitrogens is 2. The number of aromatic nitrogens is 2. The summed E-state index contributed by atoms with van der Waals surface area (Å²) in [5, 5.41) is 3.71. The summed E-state index contributed by atoms with van der Waals surface area (Å²) in [4.78, 5) is 28.4. The number of benzene rings is 2. The zero-order valence-electron chi connectivity index (χ0n) is 11.7. The molecule has 0 radical (unpaired) electrons. The lowest BCUT2D eigenvalue weighted by Gasteiger charge is -2.02. The Kier molecular flexibility index (Phi) is 4.23. The van der Waals surface area contributed by atoms with E-state index in [-0.39, 0.29) is 11.6 Å². The molecule has 1 aromatic heterocycles. The van der Waals surface area contributed by atoms with Gasteiger partial charge in [0.25, 0.3) is 0 Å². The number of hydrogen-bond acceptors (Lipinski definition) is 2. The van der Waals surface area contributed by atoms with E-state index in [4.69, 9.17) is 23.2 Å². The van der Waals surface area contributed by atoms with Gasteiger partial charge in [-0.05, 0) is 42.0 Å². The van der Waals surface area contributed by atoms with E-state index < -0.39 is 0 Å². The predicted molar refractivity (Wildman–Crippen MR) is 93.0 cm³/mol. The zero-order chi connectivity index (χ0) is 16.4. The number of aromatic amines is 2. The summed E-state index contributed by atoms with van der Waals surface area (Å²) >= 11 is 11.9. The highest BCUT2D eigenvalue weighted by Gasteiger charge is 2.03. The molecule has 0 saturated carbocycles. The highest BCUT2D eigenvalue weighted by molar-refractivity contribution is 6.35. The van der Waals surface area contributed by atoms with E-state index in [0.29, 0.717) is 32.3 Å². The Morgan fingerprint density at radius 1 is 1.04 bits per heavy atom. The number of hydrogen-bond donors (Lipinski definition) is 3. The van der Waals surface area contributed by atoms with Crippen molar-refractivity contribution in [2.75, 3.05) is 5.32 Å². The van der Waals surface area contributed by atoms with Gasteiger partial charge in [0.1, 0.15) is 0 Å². The molecular weight excluding hydrogens is 337 g/mol. The minimum Gasteiger partial charge on any atom is -0.322 e. The SMILES string of the molecule is O=C(C=Cc1ccc(Cl)cc1Cl)Nc1ccc2[nH]c(=O)[nH]c2c1. The van der Waals surface area contributed by atoms with Gasteiger partial charge < -0.3 is 15.3 Å². The van der Waals surface area contributed by atoms with Crippen LogP contribution in [-0.4, -0.2) is 15.9 Å². The zero-order valence-corrected chi connectivity index (χ0v) is 13.2. The monoisotopic (exact) mass is 347 g/mol. The Balaban J connectivity index is 1.74. The molecule has 116 valence electrons. The second-order valence-electron chi connectivity index (χ2n) is 4.83. The van der Waals surface area contributed by atoms with Crippen LogP contribution in [0.5, 0.6) is 0 Å². The van der Waals surface area contributed by atoms with E-state index in [1.54, 1.807) is 42.5 Å². The van der Waals surface area contributed by atoms with E-state index in [9.17, 15) is 9.59 Å². The maximum Gasteiger partial charge on any atom is 0.323 e. The summed E-state index contributed by atoms with van der Waals surface area (Å²) in [6.45, 7) is 0. The van der Waals surface area contributed by atoms with Crippen LogP contribution in [0.2, 0.25) is 10.0 Å². The molecule has 7 heteroatoms. The lowest BCUT2D eigenvalue weighted by molar-refractivity contribution is -0.111. The number of amides is 1. The van der Waals surface area contributed by atoms with Crippen molar-refractivity contribution in [1.82, 2.24) is 9.97 Å². The first-order valence-electron chi connectivity index (χ1n) is 6.67. The topological polar surface area (TPSA) is 77.8 Å². The molecule has 0 aliphatic rings. The first-order chi connectivity index (χ1) is 11.0. The number of carbonyl (C=O) groups excluding carboxylic acids is 1. The van der Waals surface area contributed by atoms with Crippen molar-refractivity contribution < 1.29 is 4.79 Å². The van der Waals surface area contributed by atoms with Gasteiger partial charge in [0.05, 0.1) is 11.0 Å². The normalized spacial score (nSPS) is 11.2. The molecule has 5 nitrogen and oxygen atoms in total. The smallest absolute Gasteiger partial charge is 0.322 e. The predicted octanol–water partition coefficient (Wildman–Crippen LogP) is 3.81. The van der Waals surface area contributed by atoms with Gasteiger partial charge in [0, 0.05) is 21.8 Å².